The number of hydrogen-bond acceptors (Lipinski definition) is 6. The highest BCUT2D eigenvalue weighted by Gasteiger charge is 2.37. The third kappa shape index (κ3) is 4.38. The van der Waals surface area contributed by atoms with Gasteiger partial charge in [-0.1, -0.05) is 30.3 Å². The van der Waals surface area contributed by atoms with E-state index < -0.39 is 10.0 Å². The summed E-state index contributed by atoms with van der Waals surface area (Å²) < 4.78 is 29.4. The van der Waals surface area contributed by atoms with Crippen molar-refractivity contribution < 1.29 is 13.2 Å². The molecule has 2 aliphatic heterocycles. The van der Waals surface area contributed by atoms with Crippen LogP contribution in [0.1, 0.15) is 34.1 Å². The third-order valence-corrected chi connectivity index (χ3v) is 7.38. The molecule has 4 heterocycles. The molecule has 33 heavy (non-hydrogen) atoms. The number of fused-ring (bicyclic) bond motifs is 4. The number of benzene rings is 1. The van der Waals surface area contributed by atoms with Gasteiger partial charge in [0.25, 0.3) is 11.5 Å². The highest BCUT2D eigenvalue weighted by atomic mass is 32.2. The van der Waals surface area contributed by atoms with Gasteiger partial charge in [-0.25, -0.2) is 13.4 Å². The second-order valence-electron chi connectivity index (χ2n) is 8.53. The van der Waals surface area contributed by atoms with Gasteiger partial charge in [0.05, 0.1) is 11.9 Å². The van der Waals surface area contributed by atoms with E-state index in [1.54, 1.807) is 39.8 Å². The summed E-state index contributed by atoms with van der Waals surface area (Å²) in [6.07, 6.45) is 5.35. The van der Waals surface area contributed by atoms with Crippen molar-refractivity contribution in [3.05, 3.63) is 88.4 Å². The number of nitrogens with zero attached hydrogens (tertiary/aromatic N) is 4. The maximum absolute atomic E-state index is 13.1. The predicted octanol–water partition coefficient (Wildman–Crippen LogP) is 1.84. The van der Waals surface area contributed by atoms with Gasteiger partial charge in [0.15, 0.2) is 0 Å². The summed E-state index contributed by atoms with van der Waals surface area (Å²) in [7, 11) is -3.74. The Morgan fingerprint density at radius 3 is 2.64 bits per heavy atom. The molecule has 2 aromatic heterocycles. The third-order valence-electron chi connectivity index (χ3n) is 6.14. The van der Waals surface area contributed by atoms with Crippen molar-refractivity contribution in [3.8, 4) is 0 Å². The number of hydrogen-bond donors (Lipinski definition) is 1. The van der Waals surface area contributed by atoms with Crippen LogP contribution >= 0.6 is 0 Å². The smallest absolute Gasteiger partial charge is 0.275 e. The minimum Gasteiger partial charge on any atom is -0.336 e. The topological polar surface area (TPSA) is 114 Å². The fraction of sp³-hybridized carbons (Fsp3) is 0.304. The summed E-state index contributed by atoms with van der Waals surface area (Å²) in [4.78, 5) is 35.9. The molecule has 0 saturated carbocycles. The van der Waals surface area contributed by atoms with Gasteiger partial charge in [0, 0.05) is 43.6 Å². The lowest BCUT2D eigenvalue weighted by molar-refractivity contribution is 0.0588. The van der Waals surface area contributed by atoms with Crippen LogP contribution in [0.3, 0.4) is 0 Å². The van der Waals surface area contributed by atoms with Crippen molar-refractivity contribution in [1.82, 2.24) is 19.4 Å². The van der Waals surface area contributed by atoms with E-state index in [0.717, 1.165) is 12.1 Å². The highest BCUT2D eigenvalue weighted by molar-refractivity contribution is 7.91. The van der Waals surface area contributed by atoms with Gasteiger partial charge in [-0.15, -0.1) is 0 Å². The molecule has 0 radical (unpaired) electrons. The van der Waals surface area contributed by atoms with E-state index in [4.69, 9.17) is 0 Å². The maximum atomic E-state index is 13.1. The predicted molar refractivity (Wildman–Crippen MR) is 122 cm³/mol. The lowest BCUT2D eigenvalue weighted by atomic mass is 9.83. The fourth-order valence-electron chi connectivity index (χ4n) is 4.76. The molecule has 5 rings (SSSR count). The van der Waals surface area contributed by atoms with Crippen LogP contribution < -0.4 is 10.3 Å². The Bertz CT molecular complexity index is 1340. The molecule has 0 spiro atoms. The average molecular weight is 466 g/mol. The summed E-state index contributed by atoms with van der Waals surface area (Å²) in [6, 6.07) is 12.1. The molecule has 0 aliphatic carbocycles. The quantitative estimate of drug-likeness (QED) is 0.615. The molecule has 10 heteroatoms. The molecule has 2 unspecified atom stereocenters. The van der Waals surface area contributed by atoms with Gasteiger partial charge in [-0.05, 0) is 30.0 Å². The summed E-state index contributed by atoms with van der Waals surface area (Å²) in [5.41, 5.74) is 1.46. The van der Waals surface area contributed by atoms with Gasteiger partial charge >= 0.3 is 0 Å². The largest absolute Gasteiger partial charge is 0.336 e. The molecule has 2 atom stereocenters. The monoisotopic (exact) mass is 465 g/mol. The van der Waals surface area contributed by atoms with Crippen molar-refractivity contribution in [3.63, 3.8) is 0 Å². The summed E-state index contributed by atoms with van der Waals surface area (Å²) in [5, 5.41) is 0. The molecule has 1 fully saturated rings. The number of sulfonamides is 1. The van der Waals surface area contributed by atoms with Crippen LogP contribution in [0.15, 0.2) is 65.8 Å². The van der Waals surface area contributed by atoms with Crippen LogP contribution in [0.2, 0.25) is 0 Å². The number of rotatable bonds is 5. The molecule has 9 nitrogen and oxygen atoms in total. The highest BCUT2D eigenvalue weighted by Crippen LogP contribution is 2.36. The van der Waals surface area contributed by atoms with Crippen LogP contribution in [-0.2, 0) is 22.3 Å². The molecular weight excluding hydrogens is 442 g/mol. The number of nitrogens with one attached hydrogen (secondary N) is 1. The summed E-state index contributed by atoms with van der Waals surface area (Å²) in [6.45, 7) is 1.43. The van der Waals surface area contributed by atoms with E-state index >= 15 is 0 Å². The van der Waals surface area contributed by atoms with Crippen LogP contribution in [0.4, 0.5) is 5.69 Å². The first kappa shape index (κ1) is 21.3. The Labute approximate surface area is 191 Å². The average Bonchev–Trinajstić information content (AvgIpc) is 2.81. The van der Waals surface area contributed by atoms with Crippen LogP contribution in [-0.4, -0.2) is 46.8 Å². The Morgan fingerprint density at radius 2 is 1.88 bits per heavy atom. The minimum absolute atomic E-state index is 0.000738. The number of piperidine rings is 1. The van der Waals surface area contributed by atoms with Gasteiger partial charge in [0.2, 0.25) is 10.0 Å². The van der Waals surface area contributed by atoms with Crippen LogP contribution in [0, 0.1) is 5.92 Å². The van der Waals surface area contributed by atoms with Crippen LogP contribution in [0.5, 0.6) is 0 Å². The summed E-state index contributed by atoms with van der Waals surface area (Å²) >= 11 is 0. The Balaban J connectivity index is 1.37. The van der Waals surface area contributed by atoms with Crippen molar-refractivity contribution >= 4 is 21.6 Å². The first-order valence-corrected chi connectivity index (χ1v) is 12.4. The van der Waals surface area contributed by atoms with Crippen molar-refractivity contribution in [2.75, 3.05) is 17.8 Å². The number of amides is 1. The Kier molecular flexibility index (Phi) is 5.45. The normalized spacial score (nSPS) is 19.6. The minimum atomic E-state index is -3.74. The zero-order valence-electron chi connectivity index (χ0n) is 17.8. The first-order valence-electron chi connectivity index (χ1n) is 10.7. The lowest BCUT2D eigenvalue weighted by Gasteiger charge is -2.42. The molecule has 1 N–H and O–H groups in total. The number of pyridine rings is 1. The Morgan fingerprint density at radius 1 is 1.06 bits per heavy atom. The van der Waals surface area contributed by atoms with E-state index in [-0.39, 0.29) is 34.7 Å². The van der Waals surface area contributed by atoms with E-state index in [2.05, 4.69) is 14.7 Å². The molecule has 170 valence electrons. The molecule has 2 bridgehead atoms. The number of carbonyl (C=O) groups is 1. The van der Waals surface area contributed by atoms with E-state index in [9.17, 15) is 18.0 Å². The zero-order chi connectivity index (χ0) is 23.0. The van der Waals surface area contributed by atoms with E-state index in [1.165, 1.54) is 24.7 Å². The number of carbonyl (C=O) groups excluding carboxylic acids is 1. The van der Waals surface area contributed by atoms with Crippen molar-refractivity contribution in [1.29, 1.82) is 0 Å². The number of anilines is 1. The number of aromatic nitrogens is 3. The van der Waals surface area contributed by atoms with E-state index in [1.807, 2.05) is 6.07 Å². The molecule has 1 amide bonds. The summed E-state index contributed by atoms with van der Waals surface area (Å²) in [5.74, 6) is -0.273. The second-order valence-corrected chi connectivity index (χ2v) is 10.3. The van der Waals surface area contributed by atoms with Crippen LogP contribution in [0.25, 0.3) is 0 Å². The Hall–Kier alpha value is -3.53. The molecule has 1 aromatic carbocycles. The van der Waals surface area contributed by atoms with Gasteiger partial charge in [-0.2, -0.15) is 0 Å². The zero-order valence-corrected chi connectivity index (χ0v) is 18.6. The molecule has 3 aromatic rings. The molecular formula is C23H23N5O4S. The first-order chi connectivity index (χ1) is 15.9. The number of likely N-dealkylation sites (tertiary alicyclic amines) is 1. The SMILES string of the molecule is O=C(c1cnccn1)N1CC2CC(C1)c1ccc(NS(=O)(=O)Cc3ccccc3)c(=O)n1C2. The van der Waals surface area contributed by atoms with Gasteiger partial charge in [0.1, 0.15) is 11.4 Å². The van der Waals surface area contributed by atoms with Crippen molar-refractivity contribution in [2.24, 2.45) is 5.92 Å². The fourth-order valence-corrected chi connectivity index (χ4v) is 5.95. The standard InChI is InChI=1S/C23H23N5O4S/c29-22(20-11-24-8-9-25-20)27-12-17-10-18(14-27)21-7-6-19(23(30)28(21)13-17)26-33(31,32)15-16-4-2-1-3-5-16/h1-9,11,17-18,26H,10,12-15H2. The van der Waals surface area contributed by atoms with Gasteiger partial charge < -0.3 is 9.47 Å². The van der Waals surface area contributed by atoms with Crippen molar-refractivity contribution in [2.45, 2.75) is 24.6 Å². The molecule has 2 aliphatic rings. The molecule has 1 saturated heterocycles. The van der Waals surface area contributed by atoms with Gasteiger partial charge in [-0.3, -0.25) is 19.3 Å². The van der Waals surface area contributed by atoms with E-state index in [0.29, 0.717) is 30.9 Å². The maximum Gasteiger partial charge on any atom is 0.275 e. The lowest BCUT2D eigenvalue weighted by Crippen LogP contribution is -2.49. The second kappa shape index (κ2) is 8.43.